The minimum Gasteiger partial charge on any atom is -0.274 e. The summed E-state index contributed by atoms with van der Waals surface area (Å²) >= 11 is 0. The first kappa shape index (κ1) is 18.4. The molecule has 0 spiro atoms. The van der Waals surface area contributed by atoms with Crippen molar-refractivity contribution in [2.45, 2.75) is 13.5 Å². The molecule has 3 aromatic carbocycles. The van der Waals surface area contributed by atoms with Crippen molar-refractivity contribution in [3.05, 3.63) is 102 Å². The quantitative estimate of drug-likeness (QED) is 0.500. The summed E-state index contributed by atoms with van der Waals surface area (Å²) in [5.41, 5.74) is 4.63. The Morgan fingerprint density at radius 1 is 1.00 bits per heavy atom. The van der Waals surface area contributed by atoms with E-state index < -0.39 is 0 Å². The Morgan fingerprint density at radius 3 is 2.45 bits per heavy atom. The molecule has 0 saturated heterocycles. The molecule has 6 heteroatoms. The van der Waals surface area contributed by atoms with E-state index in [0.29, 0.717) is 17.7 Å². The van der Waals surface area contributed by atoms with Crippen molar-refractivity contribution in [1.82, 2.24) is 14.9 Å². The predicted molar refractivity (Wildman–Crippen MR) is 109 cm³/mol. The second-order valence-electron chi connectivity index (χ2n) is 6.69. The molecular formula is C23H18FN5. The molecule has 0 aliphatic rings. The third kappa shape index (κ3) is 3.85. The van der Waals surface area contributed by atoms with Crippen LogP contribution in [0.4, 0.5) is 10.1 Å². The van der Waals surface area contributed by atoms with Gasteiger partial charge in [0.2, 0.25) is 0 Å². The molecule has 142 valence electrons. The van der Waals surface area contributed by atoms with E-state index in [1.165, 1.54) is 6.07 Å². The van der Waals surface area contributed by atoms with E-state index in [-0.39, 0.29) is 5.82 Å². The van der Waals surface area contributed by atoms with Crippen LogP contribution in [0.5, 0.6) is 0 Å². The van der Waals surface area contributed by atoms with Gasteiger partial charge in [0, 0.05) is 5.56 Å². The van der Waals surface area contributed by atoms with Gasteiger partial charge < -0.3 is 0 Å². The number of benzene rings is 3. The number of hydrogen-bond donors (Lipinski definition) is 0. The van der Waals surface area contributed by atoms with E-state index in [1.807, 2.05) is 53.5 Å². The highest BCUT2D eigenvalue weighted by atomic mass is 19.1. The molecule has 1 aromatic heterocycles. The van der Waals surface area contributed by atoms with Gasteiger partial charge in [-0.2, -0.15) is 5.26 Å². The van der Waals surface area contributed by atoms with Crippen LogP contribution in [-0.4, -0.2) is 14.9 Å². The topological polar surface area (TPSA) is 57.7 Å². The Balaban J connectivity index is 1.79. The Bertz CT molecular complexity index is 1160. The summed E-state index contributed by atoms with van der Waals surface area (Å²) in [6.45, 7) is 2.15. The summed E-state index contributed by atoms with van der Waals surface area (Å²) < 4.78 is 15.8. The average Bonchev–Trinajstić information content (AvgIpc) is 3.29. The smallest absolute Gasteiger partial charge is 0.139 e. The molecule has 0 fully saturated rings. The first-order chi connectivity index (χ1) is 14.2. The van der Waals surface area contributed by atoms with Crippen LogP contribution in [0.2, 0.25) is 0 Å². The van der Waals surface area contributed by atoms with E-state index in [9.17, 15) is 9.65 Å². The fraction of sp³-hybridized carbons (Fsp3) is 0.0870. The van der Waals surface area contributed by atoms with Crippen molar-refractivity contribution in [3.8, 4) is 17.2 Å². The van der Waals surface area contributed by atoms with Gasteiger partial charge >= 0.3 is 0 Å². The summed E-state index contributed by atoms with van der Waals surface area (Å²) in [6.07, 6.45) is 3.18. The third-order valence-corrected chi connectivity index (χ3v) is 4.76. The molecule has 4 rings (SSSR count). The number of halogens is 1. The highest BCUT2D eigenvalue weighted by Gasteiger charge is 2.14. The minimum absolute atomic E-state index is 0.240. The third-order valence-electron chi connectivity index (χ3n) is 4.76. The minimum atomic E-state index is -0.240. The summed E-state index contributed by atoms with van der Waals surface area (Å²) in [5.74, 6) is -0.240. The Kier molecular flexibility index (Phi) is 5.04. The number of hydrogen-bond acceptors (Lipinski definition) is 4. The molecule has 1 heterocycles. The Morgan fingerprint density at radius 2 is 1.76 bits per heavy atom. The highest BCUT2D eigenvalue weighted by molar-refractivity contribution is 5.74. The molecule has 0 bridgehead atoms. The van der Waals surface area contributed by atoms with Crippen molar-refractivity contribution in [1.29, 1.82) is 5.26 Å². The molecule has 29 heavy (non-hydrogen) atoms. The number of rotatable bonds is 5. The SMILES string of the molecule is Cc1ccc(CN(c2ccc(C#N)c(-c3ccccc3)c2)n2cnnc2)cc1F. The van der Waals surface area contributed by atoms with Crippen LogP contribution in [0.3, 0.4) is 0 Å². The Labute approximate surface area is 168 Å². The van der Waals surface area contributed by atoms with Crippen LogP contribution in [0.25, 0.3) is 11.1 Å². The van der Waals surface area contributed by atoms with Gasteiger partial charge in [-0.1, -0.05) is 42.5 Å². The molecule has 0 aliphatic carbocycles. The van der Waals surface area contributed by atoms with E-state index >= 15 is 0 Å². The van der Waals surface area contributed by atoms with E-state index in [0.717, 1.165) is 22.4 Å². The largest absolute Gasteiger partial charge is 0.274 e. The Hall–Kier alpha value is -3.98. The van der Waals surface area contributed by atoms with Crippen LogP contribution in [0.1, 0.15) is 16.7 Å². The van der Waals surface area contributed by atoms with Gasteiger partial charge in [-0.3, -0.25) is 5.01 Å². The van der Waals surface area contributed by atoms with Gasteiger partial charge in [0.15, 0.2) is 0 Å². The van der Waals surface area contributed by atoms with Crippen LogP contribution < -0.4 is 5.01 Å². The molecule has 5 nitrogen and oxygen atoms in total. The van der Waals surface area contributed by atoms with Crippen molar-refractivity contribution < 1.29 is 4.39 Å². The van der Waals surface area contributed by atoms with Gasteiger partial charge in [-0.05, 0) is 47.9 Å². The molecule has 0 unspecified atom stereocenters. The van der Waals surface area contributed by atoms with Crippen LogP contribution in [-0.2, 0) is 6.54 Å². The van der Waals surface area contributed by atoms with Crippen molar-refractivity contribution in [3.63, 3.8) is 0 Å². The predicted octanol–water partition coefficient (Wildman–Crippen LogP) is 4.73. The highest BCUT2D eigenvalue weighted by Crippen LogP contribution is 2.29. The van der Waals surface area contributed by atoms with E-state index in [1.54, 1.807) is 36.4 Å². The standard InChI is InChI=1S/C23H18FN5/c1-17-7-8-18(11-23(17)24)14-29(28-15-26-27-16-28)21-10-9-20(13-25)22(12-21)19-5-3-2-4-6-19/h2-12,15-16H,14H2,1H3. The fourth-order valence-electron chi connectivity index (χ4n) is 3.18. The van der Waals surface area contributed by atoms with Crippen LogP contribution in [0.15, 0.2) is 79.4 Å². The van der Waals surface area contributed by atoms with Gasteiger partial charge in [0.25, 0.3) is 0 Å². The zero-order valence-electron chi connectivity index (χ0n) is 15.8. The molecule has 0 amide bonds. The van der Waals surface area contributed by atoms with Crippen LogP contribution in [0, 0.1) is 24.1 Å². The second-order valence-corrected chi connectivity index (χ2v) is 6.69. The molecule has 0 saturated carbocycles. The number of nitriles is 1. The summed E-state index contributed by atoms with van der Waals surface area (Å²) in [7, 11) is 0. The van der Waals surface area contributed by atoms with Crippen molar-refractivity contribution in [2.24, 2.45) is 0 Å². The molecule has 0 atom stereocenters. The lowest BCUT2D eigenvalue weighted by molar-refractivity contribution is 0.612. The zero-order chi connectivity index (χ0) is 20.2. The fourth-order valence-corrected chi connectivity index (χ4v) is 3.18. The number of aryl methyl sites for hydroxylation is 1. The summed E-state index contributed by atoms with van der Waals surface area (Å²) in [5, 5.41) is 19.3. The molecular weight excluding hydrogens is 365 g/mol. The molecule has 4 aromatic rings. The van der Waals surface area contributed by atoms with Crippen molar-refractivity contribution in [2.75, 3.05) is 5.01 Å². The lowest BCUT2D eigenvalue weighted by Crippen LogP contribution is -2.28. The second kappa shape index (κ2) is 7.95. The van der Waals surface area contributed by atoms with Gasteiger partial charge in [-0.15, -0.1) is 10.2 Å². The zero-order valence-corrected chi connectivity index (χ0v) is 15.8. The molecule has 0 N–H and O–H groups in total. The average molecular weight is 383 g/mol. The van der Waals surface area contributed by atoms with Gasteiger partial charge in [0.05, 0.1) is 23.9 Å². The lowest BCUT2D eigenvalue weighted by Gasteiger charge is -2.26. The first-order valence-corrected chi connectivity index (χ1v) is 9.13. The maximum absolute atomic E-state index is 14.1. The van der Waals surface area contributed by atoms with Crippen LogP contribution >= 0.6 is 0 Å². The maximum atomic E-state index is 14.1. The number of anilines is 1. The monoisotopic (exact) mass is 383 g/mol. The van der Waals surface area contributed by atoms with E-state index in [4.69, 9.17) is 0 Å². The van der Waals surface area contributed by atoms with Crippen molar-refractivity contribution >= 4 is 5.69 Å². The maximum Gasteiger partial charge on any atom is 0.139 e. The first-order valence-electron chi connectivity index (χ1n) is 9.13. The van der Waals surface area contributed by atoms with Gasteiger partial charge in [-0.25, -0.2) is 9.07 Å². The van der Waals surface area contributed by atoms with Gasteiger partial charge in [0.1, 0.15) is 18.5 Å². The summed E-state index contributed by atoms with van der Waals surface area (Å²) in [4.78, 5) is 0. The number of aromatic nitrogens is 3. The number of nitrogens with zero attached hydrogens (tertiary/aromatic N) is 5. The molecule has 0 radical (unpaired) electrons. The molecule has 0 aliphatic heterocycles. The van der Waals surface area contributed by atoms with E-state index in [2.05, 4.69) is 16.3 Å². The summed E-state index contributed by atoms with van der Waals surface area (Å²) in [6, 6.07) is 22.8. The normalized spacial score (nSPS) is 10.5. The lowest BCUT2D eigenvalue weighted by atomic mass is 9.99.